The lowest BCUT2D eigenvalue weighted by Gasteiger charge is -2.20. The van der Waals surface area contributed by atoms with E-state index in [4.69, 9.17) is 0 Å². The van der Waals surface area contributed by atoms with E-state index in [0.29, 0.717) is 5.56 Å². The minimum atomic E-state index is -1.37. The van der Waals surface area contributed by atoms with Crippen molar-refractivity contribution in [3.63, 3.8) is 0 Å². The minimum absolute atomic E-state index is 0.113. The van der Waals surface area contributed by atoms with Gasteiger partial charge in [-0.3, -0.25) is 9.59 Å². The Labute approximate surface area is 139 Å². The number of carboxylic acids is 1. The maximum Gasteiger partial charge on any atom is 0.251 e. The minimum Gasteiger partial charge on any atom is -0.548 e. The second-order valence-electron chi connectivity index (χ2n) is 5.18. The van der Waals surface area contributed by atoms with Crippen LogP contribution in [0, 0.1) is 0 Å². The molecule has 0 aromatic heterocycles. The van der Waals surface area contributed by atoms with Gasteiger partial charge in [-0.05, 0) is 24.1 Å². The Balaban J connectivity index is 1.87. The molecule has 2 amide bonds. The zero-order valence-electron chi connectivity index (χ0n) is 12.9. The molecule has 0 spiro atoms. The fourth-order valence-electron chi connectivity index (χ4n) is 2.14. The van der Waals surface area contributed by atoms with Crippen LogP contribution in [-0.2, 0) is 16.0 Å². The molecule has 124 valence electrons. The molecule has 0 unspecified atom stereocenters. The Morgan fingerprint density at radius 2 is 1.50 bits per heavy atom. The lowest BCUT2D eigenvalue weighted by Crippen LogP contribution is -2.51. The van der Waals surface area contributed by atoms with Crippen molar-refractivity contribution in [3.05, 3.63) is 71.8 Å². The SMILES string of the molecule is O=C(CNC(=O)c1ccccc1)N[C@H](Cc1ccccc1)C(=O)[O-]. The van der Waals surface area contributed by atoms with Crippen molar-refractivity contribution < 1.29 is 19.5 Å². The van der Waals surface area contributed by atoms with Crippen molar-refractivity contribution >= 4 is 17.8 Å². The van der Waals surface area contributed by atoms with Gasteiger partial charge in [0, 0.05) is 5.56 Å². The first-order valence-electron chi connectivity index (χ1n) is 7.43. The maximum absolute atomic E-state index is 11.9. The number of carboxylic acid groups (broad SMARTS) is 1. The quantitative estimate of drug-likeness (QED) is 0.742. The predicted octanol–water partition coefficient (Wildman–Crippen LogP) is -0.106. The van der Waals surface area contributed by atoms with Gasteiger partial charge in [0.15, 0.2) is 0 Å². The largest absolute Gasteiger partial charge is 0.548 e. The highest BCUT2D eigenvalue weighted by molar-refractivity contribution is 5.96. The molecule has 0 fully saturated rings. The monoisotopic (exact) mass is 325 g/mol. The van der Waals surface area contributed by atoms with E-state index in [9.17, 15) is 19.5 Å². The molecule has 6 heteroatoms. The summed E-state index contributed by atoms with van der Waals surface area (Å²) in [5.74, 6) is -2.37. The third-order valence-electron chi connectivity index (χ3n) is 3.35. The van der Waals surface area contributed by atoms with Crippen LogP contribution in [0.4, 0.5) is 0 Å². The summed E-state index contributed by atoms with van der Waals surface area (Å²) in [6.45, 7) is -0.313. The van der Waals surface area contributed by atoms with Crippen LogP contribution >= 0.6 is 0 Å². The molecule has 2 N–H and O–H groups in total. The van der Waals surface area contributed by atoms with Crippen LogP contribution in [0.15, 0.2) is 60.7 Å². The second-order valence-corrected chi connectivity index (χ2v) is 5.18. The highest BCUT2D eigenvalue weighted by atomic mass is 16.4. The van der Waals surface area contributed by atoms with Gasteiger partial charge in [-0.1, -0.05) is 48.5 Å². The van der Waals surface area contributed by atoms with Crippen LogP contribution in [0.3, 0.4) is 0 Å². The summed E-state index contributed by atoms with van der Waals surface area (Å²) >= 11 is 0. The molecule has 0 aliphatic carbocycles. The number of benzene rings is 2. The highest BCUT2D eigenvalue weighted by Crippen LogP contribution is 2.03. The summed E-state index contributed by atoms with van der Waals surface area (Å²) < 4.78 is 0. The first kappa shape index (κ1) is 17.2. The number of rotatable bonds is 7. The number of amides is 2. The molecule has 0 saturated heterocycles. The number of aliphatic carboxylic acids is 1. The van der Waals surface area contributed by atoms with Gasteiger partial charge in [0.05, 0.1) is 18.6 Å². The average molecular weight is 325 g/mol. The number of carbonyl (C=O) groups excluding carboxylic acids is 3. The van der Waals surface area contributed by atoms with Crippen molar-refractivity contribution in [1.82, 2.24) is 10.6 Å². The highest BCUT2D eigenvalue weighted by Gasteiger charge is 2.15. The molecule has 0 heterocycles. The van der Waals surface area contributed by atoms with E-state index in [-0.39, 0.29) is 13.0 Å². The van der Waals surface area contributed by atoms with Gasteiger partial charge in [0.25, 0.3) is 5.91 Å². The summed E-state index contributed by atoms with van der Waals surface area (Å²) in [4.78, 5) is 34.9. The Morgan fingerprint density at radius 3 is 2.08 bits per heavy atom. The normalized spacial score (nSPS) is 11.3. The van der Waals surface area contributed by atoms with E-state index in [0.717, 1.165) is 5.56 Å². The van der Waals surface area contributed by atoms with Gasteiger partial charge in [0.1, 0.15) is 0 Å². The Kier molecular flexibility index (Phi) is 6.08. The van der Waals surface area contributed by atoms with Crippen LogP contribution in [-0.4, -0.2) is 30.4 Å². The molecular formula is C18H17N2O4-. The van der Waals surface area contributed by atoms with Crippen molar-refractivity contribution in [2.45, 2.75) is 12.5 Å². The molecule has 2 aromatic rings. The average Bonchev–Trinajstić information content (AvgIpc) is 2.60. The molecule has 1 atom stereocenters. The Morgan fingerprint density at radius 1 is 0.917 bits per heavy atom. The summed E-state index contributed by atoms with van der Waals surface area (Å²) in [7, 11) is 0. The van der Waals surface area contributed by atoms with Crippen LogP contribution in [0.5, 0.6) is 0 Å². The fourth-order valence-corrected chi connectivity index (χ4v) is 2.14. The smallest absolute Gasteiger partial charge is 0.251 e. The molecular weight excluding hydrogens is 308 g/mol. The predicted molar refractivity (Wildman–Crippen MR) is 85.9 cm³/mol. The van der Waals surface area contributed by atoms with Gasteiger partial charge in [-0.15, -0.1) is 0 Å². The van der Waals surface area contributed by atoms with E-state index in [1.807, 2.05) is 6.07 Å². The van der Waals surface area contributed by atoms with E-state index in [2.05, 4.69) is 10.6 Å². The first-order valence-corrected chi connectivity index (χ1v) is 7.43. The topological polar surface area (TPSA) is 98.3 Å². The maximum atomic E-state index is 11.9. The summed E-state index contributed by atoms with van der Waals surface area (Å²) in [5.41, 5.74) is 1.19. The summed E-state index contributed by atoms with van der Waals surface area (Å²) in [6, 6.07) is 16.2. The summed E-state index contributed by atoms with van der Waals surface area (Å²) in [6.07, 6.45) is 0.113. The van der Waals surface area contributed by atoms with Crippen molar-refractivity contribution in [3.8, 4) is 0 Å². The molecule has 0 aliphatic rings. The number of hydrogen-bond acceptors (Lipinski definition) is 4. The zero-order chi connectivity index (χ0) is 17.4. The van der Waals surface area contributed by atoms with E-state index in [1.165, 1.54) is 0 Å². The Bertz CT molecular complexity index is 701. The summed E-state index contributed by atoms with van der Waals surface area (Å²) in [5, 5.41) is 16.0. The fraction of sp³-hybridized carbons (Fsp3) is 0.167. The molecule has 0 bridgehead atoms. The van der Waals surface area contributed by atoms with Crippen molar-refractivity contribution in [1.29, 1.82) is 0 Å². The van der Waals surface area contributed by atoms with E-state index < -0.39 is 23.8 Å². The Hall–Kier alpha value is -3.15. The first-order chi connectivity index (χ1) is 11.6. The number of carbonyl (C=O) groups is 3. The molecule has 6 nitrogen and oxygen atoms in total. The molecule has 0 saturated carbocycles. The van der Waals surface area contributed by atoms with Crippen molar-refractivity contribution in [2.24, 2.45) is 0 Å². The molecule has 2 aromatic carbocycles. The van der Waals surface area contributed by atoms with Gasteiger partial charge >= 0.3 is 0 Å². The van der Waals surface area contributed by atoms with Crippen LogP contribution in [0.25, 0.3) is 0 Å². The lowest BCUT2D eigenvalue weighted by molar-refractivity contribution is -0.308. The lowest BCUT2D eigenvalue weighted by atomic mass is 10.1. The van der Waals surface area contributed by atoms with Crippen LogP contribution < -0.4 is 15.7 Å². The molecule has 2 rings (SSSR count). The molecule has 0 aliphatic heterocycles. The van der Waals surface area contributed by atoms with E-state index >= 15 is 0 Å². The van der Waals surface area contributed by atoms with Gasteiger partial charge < -0.3 is 20.5 Å². The van der Waals surface area contributed by atoms with Gasteiger partial charge in [-0.2, -0.15) is 0 Å². The van der Waals surface area contributed by atoms with Crippen LogP contribution in [0.2, 0.25) is 0 Å². The third-order valence-corrected chi connectivity index (χ3v) is 3.35. The number of hydrogen-bond donors (Lipinski definition) is 2. The van der Waals surface area contributed by atoms with E-state index in [1.54, 1.807) is 54.6 Å². The van der Waals surface area contributed by atoms with Crippen LogP contribution in [0.1, 0.15) is 15.9 Å². The molecule has 0 radical (unpaired) electrons. The molecule has 24 heavy (non-hydrogen) atoms. The van der Waals surface area contributed by atoms with Crippen molar-refractivity contribution in [2.75, 3.05) is 6.54 Å². The number of nitrogens with one attached hydrogen (secondary N) is 2. The van der Waals surface area contributed by atoms with Gasteiger partial charge in [0.2, 0.25) is 5.91 Å². The standard InChI is InChI=1S/C18H18N2O4/c21-16(12-19-17(22)14-9-5-2-6-10-14)20-15(18(23)24)11-13-7-3-1-4-8-13/h1-10,15H,11-12H2,(H,19,22)(H,20,21)(H,23,24)/p-1/t15-/m1/s1. The third kappa shape index (κ3) is 5.24. The second kappa shape index (κ2) is 8.47. The zero-order valence-corrected chi connectivity index (χ0v) is 12.9. The van der Waals surface area contributed by atoms with Gasteiger partial charge in [-0.25, -0.2) is 0 Å².